The third-order valence-electron chi connectivity index (χ3n) is 3.88. The number of anilines is 1. The van der Waals surface area contributed by atoms with Crippen LogP contribution in [0.3, 0.4) is 0 Å². The number of methoxy groups -OCH3 is 1. The molecule has 4 aromatic rings. The summed E-state index contributed by atoms with van der Waals surface area (Å²) in [6, 6.07) is 15.9. The zero-order valence-corrected chi connectivity index (χ0v) is 16.3. The average Bonchev–Trinajstić information content (AvgIpc) is 3.38. The lowest BCUT2D eigenvalue weighted by Crippen LogP contribution is -2.25. The number of carbonyl (C=O) groups excluding carboxylic acids is 1. The molecule has 0 spiro atoms. The monoisotopic (exact) mass is 411 g/mol. The highest BCUT2D eigenvalue weighted by atomic mass is 35.5. The van der Waals surface area contributed by atoms with Crippen molar-refractivity contribution in [3.63, 3.8) is 0 Å². The Balaban J connectivity index is 1.72. The standard InChI is InChI=1S/C20H14ClN3O3S/c1-26-15-7-4-13(5-8-15)12-22-24(19(25)17-3-2-10-27-17)20-23-16-9-6-14(21)11-18(16)28-20/h2-12H,1H3/b22-12-. The number of thiazole rings is 1. The van der Waals surface area contributed by atoms with Crippen LogP contribution in [0.5, 0.6) is 5.75 Å². The molecular weight excluding hydrogens is 398 g/mol. The summed E-state index contributed by atoms with van der Waals surface area (Å²) in [7, 11) is 1.60. The van der Waals surface area contributed by atoms with E-state index in [1.165, 1.54) is 22.6 Å². The molecule has 0 N–H and O–H groups in total. The molecule has 6 nitrogen and oxygen atoms in total. The van der Waals surface area contributed by atoms with Gasteiger partial charge in [-0.1, -0.05) is 22.9 Å². The Morgan fingerprint density at radius 3 is 2.79 bits per heavy atom. The Hall–Kier alpha value is -3.16. The van der Waals surface area contributed by atoms with E-state index in [4.69, 9.17) is 20.8 Å². The first-order chi connectivity index (χ1) is 13.6. The Labute approximate surface area is 169 Å². The molecule has 0 aliphatic carbocycles. The maximum atomic E-state index is 12.9. The van der Waals surface area contributed by atoms with Gasteiger partial charge >= 0.3 is 5.91 Å². The molecule has 2 heterocycles. The number of rotatable bonds is 5. The molecule has 4 rings (SSSR count). The molecule has 0 aliphatic rings. The average molecular weight is 412 g/mol. The summed E-state index contributed by atoms with van der Waals surface area (Å²) in [5, 5.41) is 6.61. The van der Waals surface area contributed by atoms with Crippen molar-refractivity contribution in [3.05, 3.63) is 77.2 Å². The fraction of sp³-hybridized carbons (Fsp3) is 0.0500. The van der Waals surface area contributed by atoms with Crippen molar-refractivity contribution in [3.8, 4) is 5.75 Å². The number of hydrogen-bond acceptors (Lipinski definition) is 6. The summed E-state index contributed by atoms with van der Waals surface area (Å²) in [5.41, 5.74) is 1.54. The molecule has 0 radical (unpaired) electrons. The van der Waals surface area contributed by atoms with Crippen LogP contribution < -0.4 is 9.75 Å². The smallest absolute Gasteiger partial charge is 0.316 e. The van der Waals surface area contributed by atoms with Gasteiger partial charge in [-0.2, -0.15) is 10.1 Å². The number of benzene rings is 2. The fourth-order valence-corrected chi connectivity index (χ4v) is 3.68. The van der Waals surface area contributed by atoms with Gasteiger partial charge in [0.2, 0.25) is 5.13 Å². The molecule has 0 fully saturated rings. The van der Waals surface area contributed by atoms with Crippen molar-refractivity contribution < 1.29 is 13.9 Å². The van der Waals surface area contributed by atoms with E-state index in [1.54, 1.807) is 43.7 Å². The predicted molar refractivity (Wildman–Crippen MR) is 111 cm³/mol. The van der Waals surface area contributed by atoms with Crippen molar-refractivity contribution in [1.29, 1.82) is 0 Å². The lowest BCUT2D eigenvalue weighted by atomic mass is 10.2. The summed E-state index contributed by atoms with van der Waals surface area (Å²) >= 11 is 7.38. The topological polar surface area (TPSA) is 67.9 Å². The van der Waals surface area contributed by atoms with E-state index in [0.29, 0.717) is 10.2 Å². The van der Waals surface area contributed by atoms with Crippen LogP contribution in [0.4, 0.5) is 5.13 Å². The largest absolute Gasteiger partial charge is 0.497 e. The second-order valence-corrected chi connectivity index (χ2v) is 7.17. The van der Waals surface area contributed by atoms with Crippen LogP contribution >= 0.6 is 22.9 Å². The molecule has 2 aromatic carbocycles. The lowest BCUT2D eigenvalue weighted by Gasteiger charge is -2.12. The van der Waals surface area contributed by atoms with Crippen LogP contribution in [0.25, 0.3) is 10.2 Å². The van der Waals surface area contributed by atoms with Crippen molar-refractivity contribution in [2.24, 2.45) is 5.10 Å². The number of hydrogen-bond donors (Lipinski definition) is 0. The van der Waals surface area contributed by atoms with Gasteiger partial charge in [-0.25, -0.2) is 4.98 Å². The fourth-order valence-electron chi connectivity index (χ4n) is 2.48. The Morgan fingerprint density at radius 1 is 1.25 bits per heavy atom. The van der Waals surface area contributed by atoms with E-state index in [-0.39, 0.29) is 5.76 Å². The lowest BCUT2D eigenvalue weighted by molar-refractivity contribution is 0.0961. The molecule has 8 heteroatoms. The van der Waals surface area contributed by atoms with Gasteiger partial charge in [0.1, 0.15) is 5.75 Å². The second kappa shape index (κ2) is 7.84. The Kier molecular flexibility index (Phi) is 5.10. The normalized spacial score (nSPS) is 11.2. The summed E-state index contributed by atoms with van der Waals surface area (Å²) in [4.78, 5) is 17.4. The minimum Gasteiger partial charge on any atom is -0.497 e. The van der Waals surface area contributed by atoms with Gasteiger partial charge in [0.15, 0.2) is 5.76 Å². The van der Waals surface area contributed by atoms with E-state index < -0.39 is 5.91 Å². The highest BCUT2D eigenvalue weighted by molar-refractivity contribution is 7.22. The summed E-state index contributed by atoms with van der Waals surface area (Å²) in [6.45, 7) is 0. The summed E-state index contributed by atoms with van der Waals surface area (Å²) < 4.78 is 11.3. The van der Waals surface area contributed by atoms with Gasteiger partial charge in [0.05, 0.1) is 29.8 Å². The zero-order chi connectivity index (χ0) is 19.5. The van der Waals surface area contributed by atoms with Crippen LogP contribution in [0, 0.1) is 0 Å². The Morgan fingerprint density at radius 2 is 2.07 bits per heavy atom. The number of hydrazone groups is 1. The van der Waals surface area contributed by atoms with E-state index in [1.807, 2.05) is 24.3 Å². The number of furan rings is 1. The molecule has 0 saturated carbocycles. The molecule has 0 saturated heterocycles. The summed E-state index contributed by atoms with van der Waals surface area (Å²) in [5.74, 6) is 0.493. The molecule has 0 bridgehead atoms. The predicted octanol–water partition coefficient (Wildman–Crippen LogP) is 5.23. The number of amides is 1. The number of carbonyl (C=O) groups is 1. The number of nitrogens with zero attached hydrogens (tertiary/aromatic N) is 3. The van der Waals surface area contributed by atoms with Crippen LogP contribution in [0.1, 0.15) is 16.1 Å². The molecule has 28 heavy (non-hydrogen) atoms. The molecule has 0 atom stereocenters. The Bertz CT molecular complexity index is 1140. The minimum atomic E-state index is -0.417. The first-order valence-corrected chi connectivity index (χ1v) is 9.45. The van der Waals surface area contributed by atoms with Crippen molar-refractivity contribution in [2.45, 2.75) is 0 Å². The maximum Gasteiger partial charge on any atom is 0.316 e. The second-order valence-electron chi connectivity index (χ2n) is 5.72. The minimum absolute atomic E-state index is 0.171. The zero-order valence-electron chi connectivity index (χ0n) is 14.7. The number of halogens is 1. The highest BCUT2D eigenvalue weighted by Crippen LogP contribution is 2.31. The quantitative estimate of drug-likeness (QED) is 0.333. The van der Waals surface area contributed by atoms with Crippen LogP contribution in [0.15, 0.2) is 70.4 Å². The van der Waals surface area contributed by atoms with E-state index in [2.05, 4.69) is 10.1 Å². The van der Waals surface area contributed by atoms with Crippen LogP contribution in [-0.2, 0) is 0 Å². The van der Waals surface area contributed by atoms with E-state index >= 15 is 0 Å². The summed E-state index contributed by atoms with van der Waals surface area (Å²) in [6.07, 6.45) is 3.02. The van der Waals surface area contributed by atoms with Gasteiger partial charge in [-0.05, 0) is 60.2 Å². The van der Waals surface area contributed by atoms with Crippen molar-refractivity contribution in [2.75, 3.05) is 12.1 Å². The number of ether oxygens (including phenoxy) is 1. The SMILES string of the molecule is COc1ccc(/C=N\N(C(=O)c2ccco2)c2nc3ccc(Cl)cc3s2)cc1. The third kappa shape index (κ3) is 3.76. The van der Waals surface area contributed by atoms with Gasteiger partial charge in [0.25, 0.3) is 0 Å². The van der Waals surface area contributed by atoms with E-state index in [0.717, 1.165) is 21.5 Å². The number of aromatic nitrogens is 1. The van der Waals surface area contributed by atoms with Gasteiger partial charge in [0, 0.05) is 5.02 Å². The van der Waals surface area contributed by atoms with Gasteiger partial charge in [-0.15, -0.1) is 0 Å². The highest BCUT2D eigenvalue weighted by Gasteiger charge is 2.23. The van der Waals surface area contributed by atoms with Crippen LogP contribution in [-0.4, -0.2) is 24.2 Å². The molecule has 0 aliphatic heterocycles. The van der Waals surface area contributed by atoms with Gasteiger partial charge < -0.3 is 9.15 Å². The third-order valence-corrected chi connectivity index (χ3v) is 5.11. The van der Waals surface area contributed by atoms with Crippen LogP contribution in [0.2, 0.25) is 5.02 Å². The van der Waals surface area contributed by atoms with E-state index in [9.17, 15) is 4.79 Å². The molecule has 0 unspecified atom stereocenters. The first kappa shape index (κ1) is 18.2. The molecule has 2 aromatic heterocycles. The molecular formula is C20H14ClN3O3S. The molecule has 140 valence electrons. The van der Waals surface area contributed by atoms with Crippen molar-refractivity contribution >= 4 is 50.4 Å². The maximum absolute atomic E-state index is 12.9. The van der Waals surface area contributed by atoms with Gasteiger partial charge in [-0.3, -0.25) is 4.79 Å². The first-order valence-electron chi connectivity index (χ1n) is 8.26. The number of fused-ring (bicyclic) bond motifs is 1. The molecule has 1 amide bonds. The van der Waals surface area contributed by atoms with Crippen molar-refractivity contribution in [1.82, 2.24) is 4.98 Å².